The second-order valence-electron chi connectivity index (χ2n) is 6.39. The molecule has 3 rings (SSSR count). The summed E-state index contributed by atoms with van der Waals surface area (Å²) >= 11 is 0. The Morgan fingerprint density at radius 1 is 1.07 bits per heavy atom. The quantitative estimate of drug-likeness (QED) is 0.832. The third-order valence-corrected chi connectivity index (χ3v) is 4.43. The molecule has 0 radical (unpaired) electrons. The van der Waals surface area contributed by atoms with E-state index in [2.05, 4.69) is 15.2 Å². The maximum Gasteiger partial charge on any atom is 0.258 e. The number of amides is 2. The number of hydrogen-bond donors (Lipinski definition) is 1. The average Bonchev–Trinajstić information content (AvgIpc) is 2.73. The Labute approximate surface area is 158 Å². The van der Waals surface area contributed by atoms with Crippen LogP contribution in [0.15, 0.2) is 54.7 Å². The van der Waals surface area contributed by atoms with E-state index in [0.29, 0.717) is 18.8 Å². The van der Waals surface area contributed by atoms with Crippen molar-refractivity contribution in [3.05, 3.63) is 54.7 Å². The molecule has 1 aromatic carbocycles. The van der Waals surface area contributed by atoms with Gasteiger partial charge in [-0.3, -0.25) is 9.59 Å². The van der Waals surface area contributed by atoms with Crippen LogP contribution < -0.4 is 15.0 Å². The highest BCUT2D eigenvalue weighted by molar-refractivity contribution is 5.88. The number of pyridine rings is 1. The second-order valence-corrected chi connectivity index (χ2v) is 6.39. The summed E-state index contributed by atoms with van der Waals surface area (Å²) in [6, 6.07) is 14.3. The lowest BCUT2D eigenvalue weighted by molar-refractivity contribution is -0.136. The second kappa shape index (κ2) is 9.02. The zero-order chi connectivity index (χ0) is 19.1. The van der Waals surface area contributed by atoms with Gasteiger partial charge in [-0.25, -0.2) is 4.98 Å². The van der Waals surface area contributed by atoms with Gasteiger partial charge in [-0.05, 0) is 31.2 Å². The molecule has 2 aromatic rings. The zero-order valence-corrected chi connectivity index (χ0v) is 15.4. The number of hydrogen-bond acceptors (Lipinski definition) is 5. The van der Waals surface area contributed by atoms with Crippen LogP contribution in [0.4, 0.5) is 5.82 Å². The van der Waals surface area contributed by atoms with E-state index in [-0.39, 0.29) is 18.4 Å². The Hall–Kier alpha value is -3.09. The largest absolute Gasteiger partial charge is 0.484 e. The van der Waals surface area contributed by atoms with Crippen LogP contribution in [0.1, 0.15) is 6.92 Å². The van der Waals surface area contributed by atoms with Gasteiger partial charge in [0.1, 0.15) is 17.6 Å². The van der Waals surface area contributed by atoms with Gasteiger partial charge in [-0.1, -0.05) is 24.3 Å². The fourth-order valence-corrected chi connectivity index (χ4v) is 2.98. The molecule has 1 aromatic heterocycles. The molecule has 142 valence electrons. The maximum absolute atomic E-state index is 12.6. The number of benzene rings is 1. The lowest BCUT2D eigenvalue weighted by atomic mass is 10.2. The van der Waals surface area contributed by atoms with Crippen LogP contribution in [0.2, 0.25) is 0 Å². The minimum absolute atomic E-state index is 0.0799. The van der Waals surface area contributed by atoms with Gasteiger partial charge in [0, 0.05) is 32.4 Å². The molecule has 7 heteroatoms. The predicted molar refractivity (Wildman–Crippen MR) is 103 cm³/mol. The molecule has 1 aliphatic rings. The van der Waals surface area contributed by atoms with Crippen LogP contribution in [0.3, 0.4) is 0 Å². The van der Waals surface area contributed by atoms with E-state index >= 15 is 0 Å². The zero-order valence-electron chi connectivity index (χ0n) is 15.4. The third kappa shape index (κ3) is 5.20. The number of rotatable bonds is 6. The molecular weight excluding hydrogens is 344 g/mol. The Morgan fingerprint density at radius 2 is 1.78 bits per heavy atom. The Morgan fingerprint density at radius 3 is 2.44 bits per heavy atom. The van der Waals surface area contributed by atoms with Gasteiger partial charge in [-0.15, -0.1) is 0 Å². The van der Waals surface area contributed by atoms with Gasteiger partial charge in [0.15, 0.2) is 6.61 Å². The Bertz CT molecular complexity index is 746. The molecule has 0 bridgehead atoms. The van der Waals surface area contributed by atoms with E-state index in [1.807, 2.05) is 36.4 Å². The molecule has 0 unspecified atom stereocenters. The van der Waals surface area contributed by atoms with Crippen molar-refractivity contribution in [3.63, 3.8) is 0 Å². The number of anilines is 1. The summed E-state index contributed by atoms with van der Waals surface area (Å²) < 4.78 is 5.41. The molecule has 1 fully saturated rings. The number of piperazine rings is 1. The van der Waals surface area contributed by atoms with Crippen molar-refractivity contribution in [1.29, 1.82) is 0 Å². The van der Waals surface area contributed by atoms with Crippen LogP contribution >= 0.6 is 0 Å². The number of nitrogens with one attached hydrogen (secondary N) is 1. The summed E-state index contributed by atoms with van der Waals surface area (Å²) in [5, 5.41) is 2.71. The van der Waals surface area contributed by atoms with E-state index in [1.165, 1.54) is 0 Å². The van der Waals surface area contributed by atoms with Crippen molar-refractivity contribution in [2.75, 3.05) is 37.7 Å². The van der Waals surface area contributed by atoms with Crippen molar-refractivity contribution in [2.45, 2.75) is 13.0 Å². The molecule has 1 atom stereocenters. The normalized spacial score (nSPS) is 15.1. The van der Waals surface area contributed by atoms with Crippen molar-refractivity contribution in [3.8, 4) is 5.75 Å². The number of nitrogens with zero attached hydrogens (tertiary/aromatic N) is 3. The fourth-order valence-electron chi connectivity index (χ4n) is 2.98. The summed E-state index contributed by atoms with van der Waals surface area (Å²) in [6.45, 7) is 4.25. The molecule has 1 aliphatic heterocycles. The molecule has 1 N–H and O–H groups in total. The minimum Gasteiger partial charge on any atom is -0.484 e. The molecule has 0 aliphatic carbocycles. The number of carbonyl (C=O) groups excluding carboxylic acids is 2. The first kappa shape index (κ1) is 18.7. The van der Waals surface area contributed by atoms with E-state index in [9.17, 15) is 9.59 Å². The Balaban J connectivity index is 1.43. The summed E-state index contributed by atoms with van der Waals surface area (Å²) in [5.41, 5.74) is 0. The highest BCUT2D eigenvalue weighted by Crippen LogP contribution is 2.13. The highest BCUT2D eigenvalue weighted by atomic mass is 16.5. The van der Waals surface area contributed by atoms with Crippen LogP contribution in [-0.2, 0) is 9.59 Å². The highest BCUT2D eigenvalue weighted by Gasteiger charge is 2.26. The van der Waals surface area contributed by atoms with E-state index in [0.717, 1.165) is 18.9 Å². The van der Waals surface area contributed by atoms with Gasteiger partial charge in [0.25, 0.3) is 5.91 Å². The lowest BCUT2D eigenvalue weighted by Crippen LogP contribution is -2.54. The first-order valence-corrected chi connectivity index (χ1v) is 9.05. The molecule has 1 saturated heterocycles. The van der Waals surface area contributed by atoms with Crippen LogP contribution in [0, 0.1) is 0 Å². The van der Waals surface area contributed by atoms with Gasteiger partial charge >= 0.3 is 0 Å². The topological polar surface area (TPSA) is 74.8 Å². The summed E-state index contributed by atoms with van der Waals surface area (Å²) in [4.78, 5) is 32.9. The maximum atomic E-state index is 12.6. The monoisotopic (exact) mass is 368 g/mol. The first-order valence-electron chi connectivity index (χ1n) is 9.05. The molecule has 7 nitrogen and oxygen atoms in total. The number of para-hydroxylation sites is 1. The van der Waals surface area contributed by atoms with Crippen LogP contribution in [0.25, 0.3) is 0 Å². The van der Waals surface area contributed by atoms with Crippen LogP contribution in [-0.4, -0.2) is 60.5 Å². The molecule has 27 heavy (non-hydrogen) atoms. The van der Waals surface area contributed by atoms with Crippen molar-refractivity contribution < 1.29 is 14.3 Å². The molecule has 2 heterocycles. The van der Waals surface area contributed by atoms with E-state index < -0.39 is 6.04 Å². The first-order chi connectivity index (χ1) is 13.1. The standard InChI is InChI=1S/C20H24N4O3/c1-16(22-19(25)15-27-17-7-3-2-4-8-17)20(26)24-13-11-23(12-14-24)18-9-5-6-10-21-18/h2-10,16H,11-15H2,1H3,(H,22,25)/t16-/m0/s1. The van der Waals surface area contributed by atoms with Gasteiger partial charge < -0.3 is 19.9 Å². The molecular formula is C20H24N4O3. The smallest absolute Gasteiger partial charge is 0.258 e. The molecule has 2 amide bonds. The minimum atomic E-state index is -0.585. The molecule has 0 spiro atoms. The SMILES string of the molecule is C[C@H](NC(=O)COc1ccccc1)C(=O)N1CCN(c2ccccn2)CC1. The molecule has 0 saturated carbocycles. The number of aromatic nitrogens is 1. The predicted octanol–water partition coefficient (Wildman–Crippen LogP) is 1.31. The number of ether oxygens (including phenoxy) is 1. The van der Waals surface area contributed by atoms with Crippen molar-refractivity contribution in [1.82, 2.24) is 15.2 Å². The van der Waals surface area contributed by atoms with Crippen molar-refractivity contribution >= 4 is 17.6 Å². The van der Waals surface area contributed by atoms with Gasteiger partial charge in [-0.2, -0.15) is 0 Å². The lowest BCUT2D eigenvalue weighted by Gasteiger charge is -2.36. The van der Waals surface area contributed by atoms with E-state index in [1.54, 1.807) is 30.2 Å². The summed E-state index contributed by atoms with van der Waals surface area (Å²) in [6.07, 6.45) is 1.77. The summed E-state index contributed by atoms with van der Waals surface area (Å²) in [5.74, 6) is 1.15. The third-order valence-electron chi connectivity index (χ3n) is 4.43. The van der Waals surface area contributed by atoms with Crippen LogP contribution in [0.5, 0.6) is 5.75 Å². The van der Waals surface area contributed by atoms with Gasteiger partial charge in [0.2, 0.25) is 5.91 Å². The van der Waals surface area contributed by atoms with Gasteiger partial charge in [0.05, 0.1) is 0 Å². The van der Waals surface area contributed by atoms with Crippen molar-refractivity contribution in [2.24, 2.45) is 0 Å². The van der Waals surface area contributed by atoms with E-state index in [4.69, 9.17) is 4.74 Å². The number of carbonyl (C=O) groups is 2. The average molecular weight is 368 g/mol. The fraction of sp³-hybridized carbons (Fsp3) is 0.350. The summed E-state index contributed by atoms with van der Waals surface area (Å²) in [7, 11) is 0. The Kier molecular flexibility index (Phi) is 6.25.